The van der Waals surface area contributed by atoms with E-state index in [2.05, 4.69) is 37.9 Å². The van der Waals surface area contributed by atoms with Crippen LogP contribution in [0.4, 0.5) is 0 Å². The fraction of sp³-hybridized carbons (Fsp3) is 0.684. The predicted molar refractivity (Wildman–Crippen MR) is 106 cm³/mol. The average molecular weight is 395 g/mol. The minimum Gasteiger partial charge on any atom is -0.379 e. The molecule has 2 aliphatic rings. The zero-order valence-electron chi connectivity index (χ0n) is 15.8. The molecule has 0 aromatic carbocycles. The number of ether oxygens (including phenoxy) is 1. The highest BCUT2D eigenvalue weighted by Crippen LogP contribution is 2.20. The van der Waals surface area contributed by atoms with Crippen LogP contribution in [-0.4, -0.2) is 80.6 Å². The van der Waals surface area contributed by atoms with Crippen molar-refractivity contribution >= 4 is 23.2 Å². The second kappa shape index (κ2) is 10.8. The van der Waals surface area contributed by atoms with Gasteiger partial charge in [0.2, 0.25) is 0 Å². The fourth-order valence-corrected chi connectivity index (χ4v) is 4.27. The van der Waals surface area contributed by atoms with Crippen LogP contribution in [0.25, 0.3) is 0 Å². The fourth-order valence-electron chi connectivity index (χ4n) is 3.52. The molecule has 2 aliphatic heterocycles. The van der Waals surface area contributed by atoms with Gasteiger partial charge in [-0.1, -0.05) is 6.07 Å². The molecular weight excluding hydrogens is 364 g/mol. The molecule has 0 atom stereocenters. The molecule has 1 aromatic heterocycles. The topological polar surface area (TPSA) is 73.9 Å². The van der Waals surface area contributed by atoms with Gasteiger partial charge in [-0.3, -0.25) is 19.4 Å². The number of likely N-dealkylation sites (tertiary alicyclic amines) is 1. The number of hydrogen-bond donors (Lipinski definition) is 2. The van der Waals surface area contributed by atoms with Crippen LogP contribution < -0.4 is 10.6 Å². The number of morpholine rings is 1. The first-order valence-electron chi connectivity index (χ1n) is 9.81. The number of hydrogen-bond acceptors (Lipinski definition) is 6. The molecule has 3 rings (SSSR count). The summed E-state index contributed by atoms with van der Waals surface area (Å²) in [6, 6.07) is 4.27. The second-order valence-electron chi connectivity index (χ2n) is 7.22. The zero-order chi connectivity index (χ0) is 18.9. The van der Waals surface area contributed by atoms with Gasteiger partial charge in [-0.25, -0.2) is 0 Å². The van der Waals surface area contributed by atoms with Crippen molar-refractivity contribution < 1.29 is 14.3 Å². The number of thiophene rings is 1. The maximum absolute atomic E-state index is 12.0. The lowest BCUT2D eigenvalue weighted by Gasteiger charge is -2.31. The average Bonchev–Trinajstić information content (AvgIpc) is 3.21. The van der Waals surface area contributed by atoms with Gasteiger partial charge in [0, 0.05) is 44.1 Å². The molecule has 0 spiro atoms. The summed E-state index contributed by atoms with van der Waals surface area (Å²) in [5, 5.41) is 7.62. The van der Waals surface area contributed by atoms with Gasteiger partial charge in [-0.05, 0) is 43.3 Å². The lowest BCUT2D eigenvalue weighted by molar-refractivity contribution is -0.139. The van der Waals surface area contributed by atoms with E-state index in [0.29, 0.717) is 19.0 Å². The summed E-state index contributed by atoms with van der Waals surface area (Å²) in [6.45, 7) is 8.18. The van der Waals surface area contributed by atoms with Crippen LogP contribution in [0.5, 0.6) is 0 Å². The van der Waals surface area contributed by atoms with Crippen molar-refractivity contribution in [2.24, 2.45) is 5.92 Å². The first-order valence-corrected chi connectivity index (χ1v) is 10.7. The summed E-state index contributed by atoms with van der Waals surface area (Å²) in [7, 11) is 0. The monoisotopic (exact) mass is 394 g/mol. The molecule has 0 unspecified atom stereocenters. The van der Waals surface area contributed by atoms with E-state index < -0.39 is 11.8 Å². The highest BCUT2D eigenvalue weighted by molar-refractivity contribution is 7.09. The van der Waals surface area contributed by atoms with E-state index >= 15 is 0 Å². The molecule has 8 heteroatoms. The van der Waals surface area contributed by atoms with Crippen molar-refractivity contribution in [3.8, 4) is 0 Å². The first kappa shape index (κ1) is 20.3. The predicted octanol–water partition coefficient (Wildman–Crippen LogP) is 0.525. The van der Waals surface area contributed by atoms with Crippen molar-refractivity contribution in [1.82, 2.24) is 20.4 Å². The lowest BCUT2D eigenvalue weighted by Crippen LogP contribution is -2.46. The third-order valence-electron chi connectivity index (χ3n) is 5.24. The Morgan fingerprint density at radius 3 is 2.52 bits per heavy atom. The molecule has 1 aromatic rings. The normalized spacial score (nSPS) is 19.7. The van der Waals surface area contributed by atoms with Gasteiger partial charge in [0.1, 0.15) is 0 Å². The summed E-state index contributed by atoms with van der Waals surface area (Å²) >= 11 is 1.80. The minimum absolute atomic E-state index is 0.453. The van der Waals surface area contributed by atoms with Crippen LogP contribution in [0.2, 0.25) is 0 Å². The van der Waals surface area contributed by atoms with Crippen molar-refractivity contribution in [3.63, 3.8) is 0 Å². The first-order chi connectivity index (χ1) is 13.2. The number of piperidine rings is 1. The van der Waals surface area contributed by atoms with E-state index in [1.165, 1.54) is 4.88 Å². The molecule has 2 N–H and O–H groups in total. The summed E-state index contributed by atoms with van der Waals surface area (Å²) in [4.78, 5) is 30.0. The van der Waals surface area contributed by atoms with Gasteiger partial charge >= 0.3 is 11.8 Å². The zero-order valence-corrected chi connectivity index (χ0v) is 16.6. The third kappa shape index (κ3) is 6.88. The molecule has 2 saturated heterocycles. The Bertz CT molecular complexity index is 582. The van der Waals surface area contributed by atoms with Gasteiger partial charge in [-0.2, -0.15) is 0 Å². The summed E-state index contributed by atoms with van der Waals surface area (Å²) in [5.74, 6) is -0.592. The molecule has 3 heterocycles. The van der Waals surface area contributed by atoms with E-state index in [1.807, 2.05) is 0 Å². The van der Waals surface area contributed by atoms with Crippen LogP contribution in [0.1, 0.15) is 17.7 Å². The summed E-state index contributed by atoms with van der Waals surface area (Å²) in [5.41, 5.74) is 0. The maximum atomic E-state index is 12.0. The molecule has 27 heavy (non-hydrogen) atoms. The molecule has 150 valence electrons. The largest absolute Gasteiger partial charge is 0.379 e. The Kier molecular flexibility index (Phi) is 8.07. The van der Waals surface area contributed by atoms with Crippen LogP contribution in [0, 0.1) is 5.92 Å². The Balaban J connectivity index is 1.26. The van der Waals surface area contributed by atoms with Crippen LogP contribution in [0.3, 0.4) is 0 Å². The molecule has 0 aliphatic carbocycles. The number of carbonyl (C=O) groups is 2. The maximum Gasteiger partial charge on any atom is 0.309 e. The molecule has 2 fully saturated rings. The van der Waals surface area contributed by atoms with E-state index in [4.69, 9.17) is 4.74 Å². The van der Waals surface area contributed by atoms with Gasteiger partial charge in [-0.15, -0.1) is 11.3 Å². The molecule has 0 saturated carbocycles. The van der Waals surface area contributed by atoms with Crippen molar-refractivity contribution in [1.29, 1.82) is 0 Å². The highest BCUT2D eigenvalue weighted by Gasteiger charge is 2.21. The van der Waals surface area contributed by atoms with Gasteiger partial charge in [0.25, 0.3) is 0 Å². The number of rotatable bonds is 7. The van der Waals surface area contributed by atoms with Crippen LogP contribution in [-0.2, 0) is 20.9 Å². The quantitative estimate of drug-likeness (QED) is 0.660. The second-order valence-corrected chi connectivity index (χ2v) is 8.25. The van der Waals surface area contributed by atoms with E-state index in [1.54, 1.807) is 11.3 Å². The van der Waals surface area contributed by atoms with Crippen molar-refractivity contribution in [2.45, 2.75) is 19.4 Å². The van der Waals surface area contributed by atoms with E-state index in [9.17, 15) is 9.59 Å². The molecule has 0 bridgehead atoms. The third-order valence-corrected chi connectivity index (χ3v) is 6.10. The standard InChI is InChI=1S/C19H30N4O3S/c24-18(20-5-8-22-9-11-26-12-10-22)19(25)21-14-16-3-6-23(7-4-16)15-17-2-1-13-27-17/h1-2,13,16H,3-12,14-15H2,(H,20,24)(H,21,25). The lowest BCUT2D eigenvalue weighted by atomic mass is 9.97. The SMILES string of the molecule is O=C(NCCN1CCOCC1)C(=O)NCC1CCN(Cc2cccs2)CC1. The number of nitrogens with one attached hydrogen (secondary N) is 2. The summed E-state index contributed by atoms with van der Waals surface area (Å²) in [6.07, 6.45) is 2.12. The molecule has 2 amide bonds. The van der Waals surface area contributed by atoms with Gasteiger partial charge in [0.05, 0.1) is 13.2 Å². The van der Waals surface area contributed by atoms with Crippen molar-refractivity contribution in [3.05, 3.63) is 22.4 Å². The Morgan fingerprint density at radius 2 is 1.81 bits per heavy atom. The smallest absolute Gasteiger partial charge is 0.309 e. The Morgan fingerprint density at radius 1 is 1.07 bits per heavy atom. The highest BCUT2D eigenvalue weighted by atomic mass is 32.1. The molecule has 0 radical (unpaired) electrons. The van der Waals surface area contributed by atoms with E-state index in [0.717, 1.165) is 65.3 Å². The number of amides is 2. The Labute approximate surface area is 165 Å². The minimum atomic E-state index is -0.529. The van der Waals surface area contributed by atoms with Crippen molar-refractivity contribution in [2.75, 3.05) is 59.0 Å². The Hall–Kier alpha value is -1.48. The molecular formula is C19H30N4O3S. The molecule has 7 nitrogen and oxygen atoms in total. The number of carbonyl (C=O) groups excluding carboxylic acids is 2. The van der Waals surface area contributed by atoms with Gasteiger partial charge < -0.3 is 15.4 Å². The summed E-state index contributed by atoms with van der Waals surface area (Å²) < 4.78 is 5.29. The van der Waals surface area contributed by atoms with Crippen LogP contribution in [0.15, 0.2) is 17.5 Å². The van der Waals surface area contributed by atoms with Gasteiger partial charge in [0.15, 0.2) is 0 Å². The van der Waals surface area contributed by atoms with E-state index in [-0.39, 0.29) is 0 Å². The van der Waals surface area contributed by atoms with Crippen LogP contribution >= 0.6 is 11.3 Å². The number of nitrogens with zero attached hydrogens (tertiary/aromatic N) is 2.